The molecule has 4 heterocycles. The summed E-state index contributed by atoms with van der Waals surface area (Å²) >= 11 is 1.53. The van der Waals surface area contributed by atoms with Crippen LogP contribution in [0.4, 0.5) is 0 Å². The molecule has 0 fully saturated rings. The Morgan fingerprint density at radius 1 is 1.26 bits per heavy atom. The molecule has 0 aliphatic carbocycles. The van der Waals surface area contributed by atoms with Gasteiger partial charge in [-0.05, 0) is 25.0 Å². The fraction of sp³-hybridized carbons (Fsp3) is 0.250. The predicted molar refractivity (Wildman–Crippen MR) is 89.5 cm³/mol. The Bertz CT molecular complexity index is 904. The zero-order valence-corrected chi connectivity index (χ0v) is 13.7. The third-order valence-corrected chi connectivity index (χ3v) is 4.67. The van der Waals surface area contributed by atoms with Crippen molar-refractivity contribution in [1.29, 1.82) is 0 Å². The van der Waals surface area contributed by atoms with E-state index in [0.29, 0.717) is 0 Å². The van der Waals surface area contributed by atoms with Crippen LogP contribution in [0.5, 0.6) is 0 Å². The third kappa shape index (κ3) is 2.43. The van der Waals surface area contributed by atoms with E-state index in [1.807, 2.05) is 24.7 Å². The minimum absolute atomic E-state index is 0.0639. The number of hydrogen-bond acceptors (Lipinski definition) is 5. The molecule has 23 heavy (non-hydrogen) atoms. The quantitative estimate of drug-likeness (QED) is 0.578. The molecule has 4 aromatic rings. The molecule has 6 nitrogen and oxygen atoms in total. The summed E-state index contributed by atoms with van der Waals surface area (Å²) in [6.45, 7) is 4.23. The summed E-state index contributed by atoms with van der Waals surface area (Å²) in [6.07, 6.45) is 8.63. The smallest absolute Gasteiger partial charge is 0.212 e. The summed E-state index contributed by atoms with van der Waals surface area (Å²) in [6, 6.07) is 4.19. The molecule has 0 aliphatic rings. The highest BCUT2D eigenvalue weighted by Crippen LogP contribution is 2.24. The highest BCUT2D eigenvalue weighted by molar-refractivity contribution is 7.14. The average Bonchev–Trinajstić information content (AvgIpc) is 3.29. The van der Waals surface area contributed by atoms with Gasteiger partial charge in [-0.25, -0.2) is 14.5 Å². The van der Waals surface area contributed by atoms with Crippen molar-refractivity contribution in [1.82, 2.24) is 29.1 Å². The lowest BCUT2D eigenvalue weighted by Gasteiger charge is -2.14. The van der Waals surface area contributed by atoms with Gasteiger partial charge in [-0.1, -0.05) is 24.3 Å². The number of aromatic nitrogens is 6. The molecule has 4 rings (SSSR count). The standard InChI is InChI=1S/C16H16N6S/c1-3-12-4-5-13(18-8-12)15-17-6-7-21(15)11(2)14-9-22-16(20-14)23-10-19-22/h4-11H,3H2,1-2H3/t11-/m0/s1. The first-order valence-corrected chi connectivity index (χ1v) is 8.41. The monoisotopic (exact) mass is 324 g/mol. The molecule has 4 aromatic heterocycles. The summed E-state index contributed by atoms with van der Waals surface area (Å²) < 4.78 is 3.90. The van der Waals surface area contributed by atoms with Crippen molar-refractivity contribution in [2.24, 2.45) is 0 Å². The number of rotatable bonds is 4. The summed E-state index contributed by atoms with van der Waals surface area (Å²) in [5.74, 6) is 0.851. The molecule has 0 aliphatic heterocycles. The first-order chi connectivity index (χ1) is 11.3. The van der Waals surface area contributed by atoms with Gasteiger partial charge < -0.3 is 4.57 Å². The summed E-state index contributed by atoms with van der Waals surface area (Å²) in [5.41, 5.74) is 4.85. The average molecular weight is 324 g/mol. The summed E-state index contributed by atoms with van der Waals surface area (Å²) in [4.78, 5) is 14.6. The zero-order valence-electron chi connectivity index (χ0n) is 12.9. The number of imidazole rings is 2. The maximum Gasteiger partial charge on any atom is 0.212 e. The number of aryl methyl sites for hydroxylation is 1. The highest BCUT2D eigenvalue weighted by Gasteiger charge is 2.17. The second-order valence-corrected chi connectivity index (χ2v) is 6.18. The lowest BCUT2D eigenvalue weighted by atomic mass is 10.2. The van der Waals surface area contributed by atoms with Gasteiger partial charge in [0.2, 0.25) is 4.96 Å². The van der Waals surface area contributed by atoms with E-state index < -0.39 is 0 Å². The van der Waals surface area contributed by atoms with Crippen LogP contribution >= 0.6 is 11.3 Å². The van der Waals surface area contributed by atoms with E-state index in [4.69, 9.17) is 0 Å². The van der Waals surface area contributed by atoms with Crippen molar-refractivity contribution in [3.8, 4) is 11.5 Å². The van der Waals surface area contributed by atoms with Crippen LogP contribution in [-0.2, 0) is 6.42 Å². The zero-order chi connectivity index (χ0) is 15.8. The molecule has 0 unspecified atom stereocenters. The first kappa shape index (κ1) is 14.1. The van der Waals surface area contributed by atoms with Crippen LogP contribution in [-0.4, -0.2) is 29.1 Å². The SMILES string of the molecule is CCc1ccc(-c2nccn2[C@@H](C)c2cn3ncsc3n2)nc1. The van der Waals surface area contributed by atoms with E-state index >= 15 is 0 Å². The molecular formula is C16H16N6S. The lowest BCUT2D eigenvalue weighted by molar-refractivity contribution is 0.629. The van der Waals surface area contributed by atoms with Crippen molar-refractivity contribution in [3.63, 3.8) is 0 Å². The van der Waals surface area contributed by atoms with Crippen LogP contribution in [0, 0.1) is 0 Å². The Morgan fingerprint density at radius 3 is 2.91 bits per heavy atom. The topological polar surface area (TPSA) is 60.9 Å². The van der Waals surface area contributed by atoms with Gasteiger partial charge in [0, 0.05) is 18.6 Å². The van der Waals surface area contributed by atoms with Crippen LogP contribution in [0.2, 0.25) is 0 Å². The molecule has 0 spiro atoms. The molecule has 0 amide bonds. The van der Waals surface area contributed by atoms with E-state index in [-0.39, 0.29) is 6.04 Å². The molecular weight excluding hydrogens is 308 g/mol. The van der Waals surface area contributed by atoms with E-state index in [0.717, 1.165) is 28.6 Å². The maximum atomic E-state index is 4.64. The molecule has 0 radical (unpaired) electrons. The Morgan fingerprint density at radius 2 is 2.17 bits per heavy atom. The van der Waals surface area contributed by atoms with Gasteiger partial charge in [-0.3, -0.25) is 4.98 Å². The number of nitrogens with zero attached hydrogens (tertiary/aromatic N) is 6. The molecule has 0 saturated carbocycles. The fourth-order valence-corrected chi connectivity index (χ4v) is 3.20. The van der Waals surface area contributed by atoms with Crippen LogP contribution in [0.25, 0.3) is 16.5 Å². The molecule has 0 bridgehead atoms. The second-order valence-electron chi connectivity index (χ2n) is 5.37. The van der Waals surface area contributed by atoms with Gasteiger partial charge in [0.1, 0.15) is 11.2 Å². The van der Waals surface area contributed by atoms with Crippen molar-refractivity contribution < 1.29 is 0 Å². The third-order valence-electron chi connectivity index (χ3n) is 3.98. The summed E-state index contributed by atoms with van der Waals surface area (Å²) in [7, 11) is 0. The maximum absolute atomic E-state index is 4.64. The van der Waals surface area contributed by atoms with Gasteiger partial charge >= 0.3 is 0 Å². The van der Waals surface area contributed by atoms with Gasteiger partial charge in [0.25, 0.3) is 0 Å². The van der Waals surface area contributed by atoms with Gasteiger partial charge in [-0.15, -0.1) is 0 Å². The van der Waals surface area contributed by atoms with Crippen LogP contribution in [0.3, 0.4) is 0 Å². The van der Waals surface area contributed by atoms with Crippen molar-refractivity contribution in [3.05, 3.63) is 53.7 Å². The Hall–Kier alpha value is -2.54. The highest BCUT2D eigenvalue weighted by atomic mass is 32.1. The number of pyridine rings is 1. The molecule has 116 valence electrons. The largest absolute Gasteiger partial charge is 0.321 e. The van der Waals surface area contributed by atoms with Crippen LogP contribution < -0.4 is 0 Å². The van der Waals surface area contributed by atoms with Crippen molar-refractivity contribution in [2.75, 3.05) is 0 Å². The summed E-state index contributed by atoms with van der Waals surface area (Å²) in [5, 5.41) is 4.24. The Balaban J connectivity index is 1.71. The van der Waals surface area contributed by atoms with E-state index in [2.05, 4.69) is 44.5 Å². The predicted octanol–water partition coefficient (Wildman–Crippen LogP) is 3.22. The normalized spacial score (nSPS) is 12.8. The van der Waals surface area contributed by atoms with E-state index in [1.54, 1.807) is 16.2 Å². The first-order valence-electron chi connectivity index (χ1n) is 7.53. The molecule has 7 heteroatoms. The van der Waals surface area contributed by atoms with Crippen molar-refractivity contribution in [2.45, 2.75) is 26.3 Å². The van der Waals surface area contributed by atoms with Crippen LogP contribution in [0.15, 0.2) is 42.4 Å². The molecule has 0 saturated heterocycles. The Kier molecular flexibility index (Phi) is 3.42. The molecule has 0 N–H and O–H groups in total. The van der Waals surface area contributed by atoms with Gasteiger partial charge in [0.15, 0.2) is 5.82 Å². The van der Waals surface area contributed by atoms with Gasteiger partial charge in [-0.2, -0.15) is 5.10 Å². The fourth-order valence-electron chi connectivity index (χ4n) is 2.59. The number of hydrogen-bond donors (Lipinski definition) is 0. The van der Waals surface area contributed by atoms with Crippen LogP contribution in [0.1, 0.15) is 31.1 Å². The molecule has 0 aromatic carbocycles. The van der Waals surface area contributed by atoms with E-state index in [9.17, 15) is 0 Å². The second kappa shape index (κ2) is 5.58. The van der Waals surface area contributed by atoms with Gasteiger partial charge in [0.05, 0.1) is 17.9 Å². The Labute approximate surface area is 137 Å². The minimum atomic E-state index is 0.0639. The van der Waals surface area contributed by atoms with Crippen molar-refractivity contribution >= 4 is 16.3 Å². The minimum Gasteiger partial charge on any atom is -0.321 e. The van der Waals surface area contributed by atoms with E-state index in [1.165, 1.54) is 16.9 Å². The molecule has 1 atom stereocenters. The lowest BCUT2D eigenvalue weighted by Crippen LogP contribution is -2.08. The number of fused-ring (bicyclic) bond motifs is 1.